The summed E-state index contributed by atoms with van der Waals surface area (Å²) in [7, 11) is 1.58. The first-order valence-electron chi connectivity index (χ1n) is 7.44. The van der Waals surface area contributed by atoms with Crippen molar-refractivity contribution in [1.29, 1.82) is 0 Å². The van der Waals surface area contributed by atoms with Crippen molar-refractivity contribution in [2.45, 2.75) is 18.6 Å². The van der Waals surface area contributed by atoms with E-state index in [0.29, 0.717) is 19.5 Å². The van der Waals surface area contributed by atoms with Gasteiger partial charge in [0.2, 0.25) is 0 Å². The van der Waals surface area contributed by atoms with Crippen molar-refractivity contribution >= 4 is 12.1 Å². The first-order valence-corrected chi connectivity index (χ1v) is 7.44. The van der Waals surface area contributed by atoms with Gasteiger partial charge in [0.05, 0.1) is 32.3 Å². The summed E-state index contributed by atoms with van der Waals surface area (Å²) in [5.41, 5.74) is 0.903. The number of rotatable bonds is 6. The van der Waals surface area contributed by atoms with Crippen molar-refractivity contribution < 1.29 is 24.3 Å². The molecule has 0 saturated carbocycles. The van der Waals surface area contributed by atoms with Crippen LogP contribution in [0.15, 0.2) is 28.8 Å². The number of anilines is 1. The Morgan fingerprint density at radius 1 is 1.46 bits per heavy atom. The van der Waals surface area contributed by atoms with Crippen LogP contribution in [0.1, 0.15) is 17.4 Å². The van der Waals surface area contributed by atoms with Gasteiger partial charge in [-0.1, -0.05) is 17.3 Å². The third kappa shape index (κ3) is 3.57. The standard InChI is InChI=1S/C15H18N4O5/c1-23-11-4-2-9(3-5-11)6-12(16-15(21)22)13-17-14(24-18-13)19-7-10(20)8-19/h2-5,10,12,16,20H,6-8H2,1H3,(H,21,22)/t12-/m0/s1. The minimum atomic E-state index is -1.17. The maximum Gasteiger partial charge on any atom is 0.405 e. The number of β-amino-alcohol motifs (C(OH)–C–C–N with tert-alkyl or cyclic N) is 1. The summed E-state index contributed by atoms with van der Waals surface area (Å²) in [6.07, 6.45) is -1.19. The number of aliphatic hydroxyl groups excluding tert-OH is 1. The molecule has 1 aromatic carbocycles. The van der Waals surface area contributed by atoms with E-state index < -0.39 is 18.2 Å². The number of ether oxygens (including phenoxy) is 1. The summed E-state index contributed by atoms with van der Waals surface area (Å²) in [4.78, 5) is 17.0. The van der Waals surface area contributed by atoms with Gasteiger partial charge in [-0.2, -0.15) is 4.98 Å². The molecule has 1 aromatic heterocycles. The second-order valence-electron chi connectivity index (χ2n) is 5.55. The highest BCUT2D eigenvalue weighted by molar-refractivity contribution is 5.65. The average Bonchev–Trinajstić information content (AvgIpc) is 3.01. The first kappa shape index (κ1) is 16.1. The number of amides is 1. The third-order valence-corrected chi connectivity index (χ3v) is 3.77. The zero-order chi connectivity index (χ0) is 17.1. The zero-order valence-electron chi connectivity index (χ0n) is 13.0. The van der Waals surface area contributed by atoms with Crippen LogP contribution < -0.4 is 15.0 Å². The quantitative estimate of drug-likeness (QED) is 0.709. The molecule has 3 rings (SSSR count). The third-order valence-electron chi connectivity index (χ3n) is 3.77. The summed E-state index contributed by atoms with van der Waals surface area (Å²) in [6.45, 7) is 0.855. The number of carbonyl (C=O) groups is 1. The van der Waals surface area contributed by atoms with E-state index in [0.717, 1.165) is 11.3 Å². The molecule has 24 heavy (non-hydrogen) atoms. The highest BCUT2D eigenvalue weighted by atomic mass is 16.5. The van der Waals surface area contributed by atoms with Crippen LogP contribution in [0.5, 0.6) is 5.75 Å². The fraction of sp³-hybridized carbons (Fsp3) is 0.400. The van der Waals surface area contributed by atoms with Gasteiger partial charge in [-0.25, -0.2) is 4.79 Å². The lowest BCUT2D eigenvalue weighted by Gasteiger charge is -2.33. The van der Waals surface area contributed by atoms with Gasteiger partial charge in [0, 0.05) is 6.42 Å². The summed E-state index contributed by atoms with van der Waals surface area (Å²) in [6, 6.07) is 6.94. The first-order chi connectivity index (χ1) is 11.5. The van der Waals surface area contributed by atoms with Gasteiger partial charge in [0.15, 0.2) is 5.82 Å². The van der Waals surface area contributed by atoms with Gasteiger partial charge in [0.25, 0.3) is 0 Å². The molecule has 1 saturated heterocycles. The fourth-order valence-electron chi connectivity index (χ4n) is 2.46. The molecule has 2 aromatic rings. The number of nitrogens with zero attached hydrogens (tertiary/aromatic N) is 3. The summed E-state index contributed by atoms with van der Waals surface area (Å²) >= 11 is 0. The number of nitrogens with one attached hydrogen (secondary N) is 1. The molecule has 0 unspecified atom stereocenters. The normalized spacial score (nSPS) is 15.7. The Morgan fingerprint density at radius 2 is 2.17 bits per heavy atom. The number of hydrogen-bond donors (Lipinski definition) is 3. The number of methoxy groups -OCH3 is 1. The van der Waals surface area contributed by atoms with Crippen molar-refractivity contribution in [3.05, 3.63) is 35.7 Å². The molecule has 1 atom stereocenters. The van der Waals surface area contributed by atoms with Gasteiger partial charge in [-0.15, -0.1) is 0 Å². The van der Waals surface area contributed by atoms with Gasteiger partial charge in [-0.05, 0) is 17.7 Å². The predicted molar refractivity (Wildman–Crippen MR) is 83.1 cm³/mol. The summed E-state index contributed by atoms with van der Waals surface area (Å²) < 4.78 is 10.3. The highest BCUT2D eigenvalue weighted by Crippen LogP contribution is 2.23. The van der Waals surface area contributed by atoms with Crippen LogP contribution >= 0.6 is 0 Å². The minimum Gasteiger partial charge on any atom is -0.497 e. The SMILES string of the molecule is COc1ccc(C[C@H](NC(=O)O)c2noc(N3CC(O)C3)n2)cc1. The van der Waals surface area contributed by atoms with Crippen LogP contribution in [0.4, 0.5) is 10.8 Å². The Morgan fingerprint density at radius 3 is 2.75 bits per heavy atom. The van der Waals surface area contributed by atoms with Crippen molar-refractivity contribution in [1.82, 2.24) is 15.5 Å². The van der Waals surface area contributed by atoms with Crippen molar-refractivity contribution in [3.8, 4) is 5.75 Å². The lowest BCUT2D eigenvalue weighted by Crippen LogP contribution is -2.51. The van der Waals surface area contributed by atoms with E-state index in [1.165, 1.54) is 0 Å². The van der Waals surface area contributed by atoms with E-state index in [9.17, 15) is 9.90 Å². The molecular weight excluding hydrogens is 316 g/mol. The monoisotopic (exact) mass is 334 g/mol. The maximum atomic E-state index is 11.1. The van der Waals surface area contributed by atoms with E-state index in [4.69, 9.17) is 14.4 Å². The molecule has 1 amide bonds. The molecular formula is C15H18N4O5. The van der Waals surface area contributed by atoms with E-state index >= 15 is 0 Å². The second-order valence-corrected chi connectivity index (χ2v) is 5.55. The van der Waals surface area contributed by atoms with E-state index in [2.05, 4.69) is 15.5 Å². The smallest absolute Gasteiger partial charge is 0.405 e. The Bertz CT molecular complexity index is 696. The molecule has 9 nitrogen and oxygen atoms in total. The van der Waals surface area contributed by atoms with Crippen LogP contribution in [-0.2, 0) is 6.42 Å². The lowest BCUT2D eigenvalue weighted by molar-refractivity contribution is 0.135. The number of hydrogen-bond acceptors (Lipinski definition) is 7. The van der Waals surface area contributed by atoms with Gasteiger partial charge in [-0.3, -0.25) is 0 Å². The van der Waals surface area contributed by atoms with Crippen LogP contribution in [0.25, 0.3) is 0 Å². The van der Waals surface area contributed by atoms with Gasteiger partial charge < -0.3 is 29.7 Å². The van der Waals surface area contributed by atoms with E-state index in [1.807, 2.05) is 12.1 Å². The Labute approximate surface area is 137 Å². The molecule has 128 valence electrons. The number of benzene rings is 1. The van der Waals surface area contributed by atoms with Crippen molar-refractivity contribution in [2.75, 3.05) is 25.1 Å². The Kier molecular flexibility index (Phi) is 4.52. The van der Waals surface area contributed by atoms with Crippen LogP contribution in [0, 0.1) is 0 Å². The molecule has 0 bridgehead atoms. The summed E-state index contributed by atoms with van der Waals surface area (Å²) in [5, 5.41) is 24.6. The molecule has 1 aliphatic rings. The molecule has 0 radical (unpaired) electrons. The number of carboxylic acid groups (broad SMARTS) is 1. The molecule has 1 aliphatic heterocycles. The zero-order valence-corrected chi connectivity index (χ0v) is 13.0. The topological polar surface area (TPSA) is 121 Å². The fourth-order valence-corrected chi connectivity index (χ4v) is 2.46. The Hall–Kier alpha value is -2.81. The van der Waals surface area contributed by atoms with E-state index in [1.54, 1.807) is 24.1 Å². The molecule has 9 heteroatoms. The molecule has 0 aliphatic carbocycles. The molecule has 0 spiro atoms. The lowest BCUT2D eigenvalue weighted by atomic mass is 10.1. The maximum absolute atomic E-state index is 11.1. The number of aliphatic hydroxyl groups is 1. The van der Waals surface area contributed by atoms with Crippen molar-refractivity contribution in [2.24, 2.45) is 0 Å². The minimum absolute atomic E-state index is 0.254. The van der Waals surface area contributed by atoms with Crippen LogP contribution in [0.2, 0.25) is 0 Å². The van der Waals surface area contributed by atoms with Gasteiger partial charge >= 0.3 is 12.1 Å². The van der Waals surface area contributed by atoms with Crippen LogP contribution in [-0.4, -0.2) is 52.8 Å². The molecule has 3 N–H and O–H groups in total. The predicted octanol–water partition coefficient (Wildman–Crippen LogP) is 0.810. The van der Waals surface area contributed by atoms with E-state index in [-0.39, 0.29) is 11.8 Å². The molecule has 1 fully saturated rings. The van der Waals surface area contributed by atoms with Crippen molar-refractivity contribution in [3.63, 3.8) is 0 Å². The van der Waals surface area contributed by atoms with Crippen LogP contribution in [0.3, 0.4) is 0 Å². The molecule has 2 heterocycles. The van der Waals surface area contributed by atoms with Gasteiger partial charge in [0.1, 0.15) is 5.75 Å². The highest BCUT2D eigenvalue weighted by Gasteiger charge is 2.30. The average molecular weight is 334 g/mol. The number of aromatic nitrogens is 2. The largest absolute Gasteiger partial charge is 0.497 e. The second kappa shape index (κ2) is 6.75. The Balaban J connectivity index is 1.74. The summed E-state index contributed by atoms with van der Waals surface area (Å²) in [5.74, 6) is 0.976.